The molecule has 146 valence electrons. The first-order chi connectivity index (χ1) is 13.6. The van der Waals surface area contributed by atoms with Crippen LogP contribution >= 0.6 is 0 Å². The van der Waals surface area contributed by atoms with Crippen molar-refractivity contribution in [2.24, 2.45) is 11.8 Å². The third kappa shape index (κ3) is 1.96. The topological polar surface area (TPSA) is 84.0 Å². The third-order valence-electron chi connectivity index (χ3n) is 6.97. The molecule has 0 amide bonds. The van der Waals surface area contributed by atoms with Crippen molar-refractivity contribution in [3.8, 4) is 0 Å². The van der Waals surface area contributed by atoms with Crippen LogP contribution in [0.25, 0.3) is 10.9 Å². The van der Waals surface area contributed by atoms with Gasteiger partial charge in [-0.3, -0.25) is 4.90 Å². The van der Waals surface area contributed by atoms with E-state index in [-0.39, 0.29) is 17.9 Å². The monoisotopic (exact) mass is 382 g/mol. The summed E-state index contributed by atoms with van der Waals surface area (Å²) in [4.78, 5) is 18.4. The highest BCUT2D eigenvalue weighted by Crippen LogP contribution is 2.56. The molecule has 2 saturated heterocycles. The first-order valence-electron chi connectivity index (χ1n) is 9.77. The molecule has 0 aliphatic carbocycles. The molecule has 0 saturated carbocycles. The zero-order chi connectivity index (χ0) is 19.0. The fourth-order valence-corrected chi connectivity index (χ4v) is 5.77. The number of esters is 1. The first kappa shape index (κ1) is 16.6. The average Bonchev–Trinajstić information content (AvgIpc) is 3.23. The molecule has 1 aromatic carbocycles. The van der Waals surface area contributed by atoms with Crippen molar-refractivity contribution >= 4 is 16.9 Å². The normalized spacial score (nSPS) is 36.1. The molecule has 1 spiro atoms. The Labute approximate surface area is 161 Å². The van der Waals surface area contributed by atoms with Crippen molar-refractivity contribution in [2.45, 2.75) is 31.0 Å². The van der Waals surface area contributed by atoms with E-state index in [0.29, 0.717) is 18.5 Å². The van der Waals surface area contributed by atoms with Gasteiger partial charge in [0.05, 0.1) is 36.7 Å². The maximum Gasteiger partial charge on any atom is 0.337 e. The number of aliphatic hydroxyl groups excluding tert-OH is 1. The van der Waals surface area contributed by atoms with E-state index in [9.17, 15) is 9.90 Å². The van der Waals surface area contributed by atoms with Crippen molar-refractivity contribution in [2.75, 3.05) is 20.2 Å². The minimum absolute atomic E-state index is 0.183. The fourth-order valence-electron chi connectivity index (χ4n) is 5.77. The SMILES string of the molecule is COC(=O)C1=COC(O)C2C3CN4CCc5c([nH]c6ccccc56)C4(CC12)O3. The molecule has 2 bridgehead atoms. The van der Waals surface area contributed by atoms with Crippen LogP contribution in [0.15, 0.2) is 36.1 Å². The second kappa shape index (κ2) is 5.59. The highest BCUT2D eigenvalue weighted by atomic mass is 16.6. The highest BCUT2D eigenvalue weighted by molar-refractivity contribution is 5.89. The Morgan fingerprint density at radius 1 is 1.39 bits per heavy atom. The number of aliphatic hydroxyl groups is 1. The Kier molecular flexibility index (Phi) is 3.31. The summed E-state index contributed by atoms with van der Waals surface area (Å²) in [5.74, 6) is -0.876. The van der Waals surface area contributed by atoms with Gasteiger partial charge < -0.3 is 24.3 Å². The molecule has 2 aromatic rings. The van der Waals surface area contributed by atoms with Crippen LogP contribution in [-0.4, -0.2) is 53.6 Å². The third-order valence-corrected chi connectivity index (χ3v) is 6.97. The molecule has 5 atom stereocenters. The zero-order valence-electron chi connectivity index (χ0n) is 15.6. The van der Waals surface area contributed by atoms with E-state index in [1.54, 1.807) is 0 Å². The molecule has 7 heteroatoms. The molecular formula is C21H22N2O5. The summed E-state index contributed by atoms with van der Waals surface area (Å²) in [7, 11) is 1.37. The molecular weight excluding hydrogens is 360 g/mol. The fraction of sp³-hybridized carbons (Fsp3) is 0.476. The number of rotatable bonds is 1. The van der Waals surface area contributed by atoms with Crippen molar-refractivity contribution < 1.29 is 24.1 Å². The van der Waals surface area contributed by atoms with Gasteiger partial charge in [-0.2, -0.15) is 0 Å². The lowest BCUT2D eigenvalue weighted by molar-refractivity contribution is -0.228. The zero-order valence-corrected chi connectivity index (χ0v) is 15.6. The number of H-pyrrole nitrogens is 1. The van der Waals surface area contributed by atoms with Gasteiger partial charge in [0.15, 0.2) is 5.72 Å². The Bertz CT molecular complexity index is 1010. The predicted molar refractivity (Wildman–Crippen MR) is 98.9 cm³/mol. The van der Waals surface area contributed by atoms with Crippen LogP contribution in [0.3, 0.4) is 0 Å². The minimum atomic E-state index is -0.982. The number of hydrogen-bond acceptors (Lipinski definition) is 6. The minimum Gasteiger partial charge on any atom is -0.472 e. The molecule has 0 radical (unpaired) electrons. The van der Waals surface area contributed by atoms with E-state index in [2.05, 4.69) is 28.1 Å². The lowest BCUT2D eigenvalue weighted by Crippen LogP contribution is -2.53. The summed E-state index contributed by atoms with van der Waals surface area (Å²) in [6.07, 6.45) is 1.71. The number of ether oxygens (including phenoxy) is 3. The number of nitrogens with zero attached hydrogens (tertiary/aromatic N) is 1. The summed E-state index contributed by atoms with van der Waals surface area (Å²) in [6, 6.07) is 8.32. The van der Waals surface area contributed by atoms with E-state index in [1.165, 1.54) is 24.3 Å². The van der Waals surface area contributed by atoms with Gasteiger partial charge in [0, 0.05) is 36.3 Å². The largest absolute Gasteiger partial charge is 0.472 e. The second-order valence-electron chi connectivity index (χ2n) is 8.14. The summed E-state index contributed by atoms with van der Waals surface area (Å²) in [5.41, 5.74) is 3.36. The second-order valence-corrected chi connectivity index (χ2v) is 8.14. The molecule has 5 unspecified atom stereocenters. The van der Waals surface area contributed by atoms with Crippen molar-refractivity contribution in [3.63, 3.8) is 0 Å². The van der Waals surface area contributed by atoms with Crippen molar-refractivity contribution in [1.29, 1.82) is 0 Å². The number of carbonyl (C=O) groups is 1. The molecule has 6 rings (SSSR count). The van der Waals surface area contributed by atoms with Gasteiger partial charge >= 0.3 is 5.97 Å². The Hall–Kier alpha value is -2.35. The van der Waals surface area contributed by atoms with Crippen LogP contribution in [0.5, 0.6) is 0 Å². The number of aromatic nitrogens is 1. The summed E-state index contributed by atoms with van der Waals surface area (Å²) in [6.45, 7) is 1.60. The predicted octanol–water partition coefficient (Wildman–Crippen LogP) is 1.62. The van der Waals surface area contributed by atoms with Crippen LogP contribution in [0.2, 0.25) is 0 Å². The summed E-state index contributed by atoms with van der Waals surface area (Å²) < 4.78 is 17.0. The Morgan fingerprint density at radius 2 is 2.25 bits per heavy atom. The first-order valence-corrected chi connectivity index (χ1v) is 9.77. The van der Waals surface area contributed by atoms with Gasteiger partial charge in [0.1, 0.15) is 0 Å². The molecule has 4 aliphatic rings. The van der Waals surface area contributed by atoms with Crippen LogP contribution in [0.1, 0.15) is 17.7 Å². The van der Waals surface area contributed by atoms with Crippen LogP contribution < -0.4 is 0 Å². The molecule has 7 nitrogen and oxygen atoms in total. The van der Waals surface area contributed by atoms with Crippen LogP contribution in [-0.2, 0) is 31.2 Å². The molecule has 5 heterocycles. The van der Waals surface area contributed by atoms with E-state index >= 15 is 0 Å². The number of aromatic amines is 1. The van der Waals surface area contributed by atoms with E-state index in [1.807, 2.05) is 6.07 Å². The average molecular weight is 382 g/mol. The van der Waals surface area contributed by atoms with Crippen molar-refractivity contribution in [1.82, 2.24) is 9.88 Å². The van der Waals surface area contributed by atoms with Gasteiger partial charge in [-0.25, -0.2) is 4.79 Å². The number of para-hydroxylation sites is 1. The summed E-state index contributed by atoms with van der Waals surface area (Å²) in [5, 5.41) is 11.7. The smallest absolute Gasteiger partial charge is 0.337 e. The molecule has 2 N–H and O–H groups in total. The van der Waals surface area contributed by atoms with Gasteiger partial charge in [-0.15, -0.1) is 0 Å². The lowest BCUT2D eigenvalue weighted by atomic mass is 9.74. The highest BCUT2D eigenvalue weighted by Gasteiger charge is 2.63. The number of benzene rings is 1. The number of nitrogens with one attached hydrogen (secondary N) is 1. The molecule has 1 aromatic heterocycles. The van der Waals surface area contributed by atoms with Crippen molar-refractivity contribution in [3.05, 3.63) is 47.4 Å². The maximum atomic E-state index is 12.4. The number of carbonyl (C=O) groups excluding carboxylic acids is 1. The number of methoxy groups -OCH3 is 1. The van der Waals surface area contributed by atoms with E-state index in [4.69, 9.17) is 14.2 Å². The van der Waals surface area contributed by atoms with Gasteiger partial charge in [-0.1, -0.05) is 18.2 Å². The Morgan fingerprint density at radius 3 is 3.11 bits per heavy atom. The lowest BCUT2D eigenvalue weighted by Gasteiger charge is -2.48. The standard InChI is InChI=1S/C21H22N2O5/c1-26-19(24)14-10-27-20(25)17-13(14)8-21-18-12(6-7-23(21)9-16(17)28-21)11-4-2-3-5-15(11)22-18/h2-5,10,13,16-17,20,22,25H,6-9H2,1H3. The Balaban J connectivity index is 1.51. The van der Waals surface area contributed by atoms with Gasteiger partial charge in [0.2, 0.25) is 6.29 Å². The van der Waals surface area contributed by atoms with Crippen LogP contribution in [0, 0.1) is 11.8 Å². The van der Waals surface area contributed by atoms with Gasteiger partial charge in [-0.05, 0) is 18.1 Å². The quantitative estimate of drug-likeness (QED) is 0.730. The van der Waals surface area contributed by atoms with Crippen LogP contribution in [0.4, 0.5) is 0 Å². The van der Waals surface area contributed by atoms with E-state index in [0.717, 1.165) is 24.2 Å². The maximum absolute atomic E-state index is 12.4. The molecule has 2 fully saturated rings. The summed E-state index contributed by atoms with van der Waals surface area (Å²) >= 11 is 0. The number of hydrogen-bond donors (Lipinski definition) is 2. The molecule has 28 heavy (non-hydrogen) atoms. The van der Waals surface area contributed by atoms with E-state index < -0.39 is 18.0 Å². The number of fused-ring (bicyclic) bond motifs is 6. The van der Waals surface area contributed by atoms with Gasteiger partial charge in [0.25, 0.3) is 0 Å². The molecule has 4 aliphatic heterocycles.